The quantitative estimate of drug-likeness (QED) is 0.432. The monoisotopic (exact) mass is 455 g/mol. The summed E-state index contributed by atoms with van der Waals surface area (Å²) in [6.45, 7) is 2.49. The van der Waals surface area contributed by atoms with Crippen LogP contribution in [0.3, 0.4) is 0 Å². The molecule has 8 nitrogen and oxygen atoms in total. The van der Waals surface area contributed by atoms with E-state index in [1.165, 1.54) is 0 Å². The van der Waals surface area contributed by atoms with E-state index in [0.29, 0.717) is 35.2 Å². The number of rotatable bonds is 8. The number of nitrogens with one attached hydrogen (secondary N) is 1. The Hall–Kier alpha value is -3.04. The second kappa shape index (κ2) is 9.40. The lowest BCUT2D eigenvalue weighted by Crippen LogP contribution is -2.25. The molecule has 0 radical (unpaired) electrons. The fourth-order valence-corrected chi connectivity index (χ4v) is 4.16. The van der Waals surface area contributed by atoms with E-state index in [-0.39, 0.29) is 5.91 Å². The minimum absolute atomic E-state index is 0.189. The van der Waals surface area contributed by atoms with Gasteiger partial charge in [0, 0.05) is 13.2 Å². The molecule has 4 rings (SSSR count). The average molecular weight is 456 g/mol. The first-order chi connectivity index (χ1) is 15.1. The zero-order chi connectivity index (χ0) is 21.8. The van der Waals surface area contributed by atoms with Crippen LogP contribution in [0.2, 0.25) is 5.02 Å². The van der Waals surface area contributed by atoms with Crippen molar-refractivity contribution in [2.75, 3.05) is 0 Å². The Kier molecular flexibility index (Phi) is 6.43. The number of unbranched alkanes of at least 4 members (excludes halogenated alkanes) is 1. The molecule has 10 heteroatoms. The second-order valence-corrected chi connectivity index (χ2v) is 8.40. The van der Waals surface area contributed by atoms with Crippen molar-refractivity contribution in [1.82, 2.24) is 34.6 Å². The van der Waals surface area contributed by atoms with Gasteiger partial charge in [-0.05, 0) is 24.3 Å². The van der Waals surface area contributed by atoms with Crippen LogP contribution in [0.1, 0.15) is 41.5 Å². The van der Waals surface area contributed by atoms with Gasteiger partial charge in [-0.3, -0.25) is 4.79 Å². The van der Waals surface area contributed by atoms with E-state index in [1.807, 2.05) is 29.1 Å². The van der Waals surface area contributed by atoms with Crippen LogP contribution in [-0.2, 0) is 20.0 Å². The maximum atomic E-state index is 12.9. The third-order valence-electron chi connectivity index (χ3n) is 4.90. The van der Waals surface area contributed by atoms with Crippen molar-refractivity contribution >= 4 is 28.8 Å². The molecule has 0 bridgehead atoms. The van der Waals surface area contributed by atoms with Gasteiger partial charge in [0.05, 0.1) is 52.1 Å². The van der Waals surface area contributed by atoms with Crippen LogP contribution < -0.4 is 5.32 Å². The number of amides is 1. The van der Waals surface area contributed by atoms with E-state index >= 15 is 0 Å². The highest BCUT2D eigenvalue weighted by molar-refractivity contribution is 7.13. The van der Waals surface area contributed by atoms with Gasteiger partial charge in [0.1, 0.15) is 5.69 Å². The molecule has 4 aromatic heterocycles. The minimum atomic E-state index is -0.189. The highest BCUT2D eigenvalue weighted by Crippen LogP contribution is 2.29. The van der Waals surface area contributed by atoms with Crippen molar-refractivity contribution in [3.05, 3.63) is 64.4 Å². The van der Waals surface area contributed by atoms with Crippen LogP contribution in [0.4, 0.5) is 0 Å². The molecule has 0 saturated carbocycles. The van der Waals surface area contributed by atoms with Crippen molar-refractivity contribution < 1.29 is 4.79 Å². The van der Waals surface area contributed by atoms with Gasteiger partial charge in [-0.2, -0.15) is 5.10 Å². The lowest BCUT2D eigenvalue weighted by molar-refractivity contribution is 0.0949. The highest BCUT2D eigenvalue weighted by Gasteiger charge is 2.20. The molecule has 0 aliphatic carbocycles. The Labute approximate surface area is 188 Å². The SMILES string of the molecule is CCCCc1c(C(=O)NCc2cncn2C)cnn1-c1ncc(Cl)c(-c2cccs2)n1. The summed E-state index contributed by atoms with van der Waals surface area (Å²) in [4.78, 5) is 27.0. The number of hydrogen-bond donors (Lipinski definition) is 1. The van der Waals surface area contributed by atoms with Crippen LogP contribution in [-0.4, -0.2) is 35.2 Å². The van der Waals surface area contributed by atoms with Gasteiger partial charge in [0.25, 0.3) is 11.9 Å². The van der Waals surface area contributed by atoms with E-state index in [4.69, 9.17) is 11.6 Å². The maximum Gasteiger partial charge on any atom is 0.255 e. The van der Waals surface area contributed by atoms with Crippen LogP contribution >= 0.6 is 22.9 Å². The smallest absolute Gasteiger partial charge is 0.255 e. The highest BCUT2D eigenvalue weighted by atomic mass is 35.5. The third kappa shape index (κ3) is 4.52. The number of aromatic nitrogens is 6. The molecule has 0 unspecified atom stereocenters. The van der Waals surface area contributed by atoms with E-state index < -0.39 is 0 Å². The van der Waals surface area contributed by atoms with Gasteiger partial charge in [0.2, 0.25) is 0 Å². The third-order valence-corrected chi connectivity index (χ3v) is 6.06. The van der Waals surface area contributed by atoms with Crippen molar-refractivity contribution in [3.8, 4) is 16.5 Å². The molecule has 0 aliphatic rings. The molecule has 1 N–H and O–H groups in total. The molecular formula is C21H22ClN7OS. The summed E-state index contributed by atoms with van der Waals surface area (Å²) in [6, 6.07) is 3.91. The molecule has 160 valence electrons. The van der Waals surface area contributed by atoms with E-state index in [1.54, 1.807) is 40.9 Å². The van der Waals surface area contributed by atoms with Gasteiger partial charge in [0.15, 0.2) is 0 Å². The number of nitrogens with zero attached hydrogens (tertiary/aromatic N) is 6. The molecule has 4 aromatic rings. The zero-order valence-electron chi connectivity index (χ0n) is 17.2. The average Bonchev–Trinajstić information content (AvgIpc) is 3.52. The summed E-state index contributed by atoms with van der Waals surface area (Å²) in [6.07, 6.45) is 9.18. The van der Waals surface area contributed by atoms with Crippen LogP contribution in [0.25, 0.3) is 16.5 Å². The van der Waals surface area contributed by atoms with Gasteiger partial charge in [-0.15, -0.1) is 11.3 Å². The molecule has 1 amide bonds. The Morgan fingerprint density at radius 1 is 1.29 bits per heavy atom. The summed E-state index contributed by atoms with van der Waals surface area (Å²) in [7, 11) is 1.89. The number of aryl methyl sites for hydroxylation is 1. The lowest BCUT2D eigenvalue weighted by Gasteiger charge is -2.10. The summed E-state index contributed by atoms with van der Waals surface area (Å²) in [5.41, 5.74) is 2.87. The number of hydrogen-bond acceptors (Lipinski definition) is 6. The number of carbonyl (C=O) groups excluding carboxylic acids is 1. The second-order valence-electron chi connectivity index (χ2n) is 7.04. The molecular weight excluding hydrogens is 434 g/mol. The Balaban J connectivity index is 1.66. The van der Waals surface area contributed by atoms with Gasteiger partial charge >= 0.3 is 0 Å². The summed E-state index contributed by atoms with van der Waals surface area (Å²) in [5.74, 6) is 0.204. The fourth-order valence-electron chi connectivity index (χ4n) is 3.19. The molecule has 0 atom stereocenters. The number of thiophene rings is 1. The first-order valence-corrected chi connectivity index (χ1v) is 11.2. The molecule has 0 saturated heterocycles. The Morgan fingerprint density at radius 2 is 2.16 bits per heavy atom. The van der Waals surface area contributed by atoms with E-state index in [0.717, 1.165) is 29.1 Å². The van der Waals surface area contributed by atoms with E-state index in [9.17, 15) is 4.79 Å². The Morgan fingerprint density at radius 3 is 2.87 bits per heavy atom. The topological polar surface area (TPSA) is 90.5 Å². The summed E-state index contributed by atoms with van der Waals surface area (Å²) in [5, 5.41) is 9.85. The first kappa shape index (κ1) is 21.2. The van der Waals surface area contributed by atoms with Crippen molar-refractivity contribution in [1.29, 1.82) is 0 Å². The minimum Gasteiger partial charge on any atom is -0.346 e. The lowest BCUT2D eigenvalue weighted by atomic mass is 10.1. The molecule has 0 aromatic carbocycles. The van der Waals surface area contributed by atoms with Crippen LogP contribution in [0.5, 0.6) is 0 Å². The van der Waals surface area contributed by atoms with Crippen LogP contribution in [0, 0.1) is 0 Å². The molecule has 4 heterocycles. The van der Waals surface area contributed by atoms with Crippen molar-refractivity contribution in [3.63, 3.8) is 0 Å². The summed E-state index contributed by atoms with van der Waals surface area (Å²) < 4.78 is 3.51. The van der Waals surface area contributed by atoms with Crippen LogP contribution in [0.15, 0.2) is 42.4 Å². The van der Waals surface area contributed by atoms with Gasteiger partial charge < -0.3 is 9.88 Å². The zero-order valence-corrected chi connectivity index (χ0v) is 18.8. The van der Waals surface area contributed by atoms with Gasteiger partial charge in [-0.1, -0.05) is 31.0 Å². The first-order valence-electron chi connectivity index (χ1n) is 9.95. The molecule has 0 fully saturated rings. The van der Waals surface area contributed by atoms with Crippen molar-refractivity contribution in [2.45, 2.75) is 32.7 Å². The summed E-state index contributed by atoms with van der Waals surface area (Å²) >= 11 is 7.89. The predicted octanol–water partition coefficient (Wildman–Crippen LogP) is 4.05. The molecule has 0 aliphatic heterocycles. The Bertz CT molecular complexity index is 1180. The molecule has 31 heavy (non-hydrogen) atoms. The maximum absolute atomic E-state index is 12.9. The molecule has 0 spiro atoms. The fraction of sp³-hybridized carbons (Fsp3) is 0.286. The van der Waals surface area contributed by atoms with Gasteiger partial charge in [-0.25, -0.2) is 19.6 Å². The predicted molar refractivity (Wildman–Crippen MR) is 120 cm³/mol. The largest absolute Gasteiger partial charge is 0.346 e. The number of imidazole rings is 1. The number of halogens is 1. The normalized spacial score (nSPS) is 11.1. The number of carbonyl (C=O) groups is 1. The van der Waals surface area contributed by atoms with Crippen molar-refractivity contribution in [2.24, 2.45) is 7.05 Å². The standard InChI is InChI=1S/C21H22ClN7OS/c1-3-4-6-17-15(20(30)24-10-14-9-23-13-28(14)2)11-26-29(17)21-25-12-16(22)19(27-21)18-7-5-8-31-18/h5,7-9,11-13H,3-4,6,10H2,1-2H3,(H,24,30). The van der Waals surface area contributed by atoms with E-state index in [2.05, 4.69) is 32.3 Å².